The molecule has 0 aliphatic rings. The number of hydrogen-bond acceptors (Lipinski definition) is 4. The summed E-state index contributed by atoms with van der Waals surface area (Å²) in [7, 11) is 0. The van der Waals surface area contributed by atoms with Gasteiger partial charge in [-0.2, -0.15) is 0 Å². The summed E-state index contributed by atoms with van der Waals surface area (Å²) in [5, 5.41) is 10.5. The predicted molar refractivity (Wildman–Crippen MR) is 68.1 cm³/mol. The second-order valence-electron chi connectivity index (χ2n) is 3.94. The molecule has 0 amide bonds. The molecule has 0 spiro atoms. The Hall–Kier alpha value is -2.21. The van der Waals surface area contributed by atoms with Crippen molar-refractivity contribution in [2.24, 2.45) is 5.73 Å². The fraction of sp³-hybridized carbons (Fsp3) is 0.250. The number of nitro benzene ring substituents is 1. The summed E-state index contributed by atoms with van der Waals surface area (Å²) in [4.78, 5) is 17.6. The van der Waals surface area contributed by atoms with Crippen LogP contribution >= 0.6 is 0 Å². The number of aryl methyl sites for hydroxylation is 1. The number of aromatic amines is 1. The molecule has 1 aromatic carbocycles. The first-order valence-corrected chi connectivity index (χ1v) is 5.69. The van der Waals surface area contributed by atoms with Crippen LogP contribution in [0, 0.1) is 10.1 Å². The summed E-state index contributed by atoms with van der Waals surface area (Å²) in [5.41, 5.74) is 7.26. The van der Waals surface area contributed by atoms with Crippen LogP contribution in [0.15, 0.2) is 30.5 Å². The van der Waals surface area contributed by atoms with Crippen LogP contribution in [-0.2, 0) is 6.42 Å². The lowest BCUT2D eigenvalue weighted by molar-refractivity contribution is -0.384. The van der Waals surface area contributed by atoms with Crippen LogP contribution in [0.25, 0.3) is 11.3 Å². The highest BCUT2D eigenvalue weighted by atomic mass is 16.6. The smallest absolute Gasteiger partial charge is 0.269 e. The van der Waals surface area contributed by atoms with Gasteiger partial charge in [0.25, 0.3) is 5.69 Å². The maximum Gasteiger partial charge on any atom is 0.269 e. The first-order chi connectivity index (χ1) is 8.70. The molecule has 6 nitrogen and oxygen atoms in total. The SMILES string of the molecule is NCCCc1ncc(-c2ccc([N+](=O)[O-])cc2)[nH]1. The average molecular weight is 246 g/mol. The zero-order valence-corrected chi connectivity index (χ0v) is 9.80. The third-order valence-electron chi connectivity index (χ3n) is 2.64. The highest BCUT2D eigenvalue weighted by Crippen LogP contribution is 2.20. The van der Waals surface area contributed by atoms with Crippen molar-refractivity contribution in [2.45, 2.75) is 12.8 Å². The fourth-order valence-electron chi connectivity index (χ4n) is 1.67. The monoisotopic (exact) mass is 246 g/mol. The van der Waals surface area contributed by atoms with Crippen molar-refractivity contribution in [3.63, 3.8) is 0 Å². The molecule has 2 aromatic rings. The number of benzene rings is 1. The predicted octanol–water partition coefficient (Wildman–Crippen LogP) is 1.88. The van der Waals surface area contributed by atoms with Crippen LogP contribution in [0.5, 0.6) is 0 Å². The van der Waals surface area contributed by atoms with Crippen molar-refractivity contribution in [3.05, 3.63) is 46.4 Å². The minimum atomic E-state index is -0.413. The zero-order chi connectivity index (χ0) is 13.0. The largest absolute Gasteiger partial charge is 0.342 e. The molecule has 0 saturated carbocycles. The normalized spacial score (nSPS) is 10.5. The summed E-state index contributed by atoms with van der Waals surface area (Å²) in [6.45, 7) is 0.633. The first kappa shape index (κ1) is 12.3. The lowest BCUT2D eigenvalue weighted by Crippen LogP contribution is -2.01. The van der Waals surface area contributed by atoms with E-state index in [1.165, 1.54) is 12.1 Å². The van der Waals surface area contributed by atoms with Crippen LogP contribution in [0.4, 0.5) is 5.69 Å². The van der Waals surface area contributed by atoms with Crippen molar-refractivity contribution in [1.29, 1.82) is 0 Å². The second kappa shape index (κ2) is 5.42. The maximum absolute atomic E-state index is 10.5. The van der Waals surface area contributed by atoms with E-state index in [0.717, 1.165) is 29.9 Å². The van der Waals surface area contributed by atoms with Crippen LogP contribution in [-0.4, -0.2) is 21.4 Å². The summed E-state index contributed by atoms with van der Waals surface area (Å²) < 4.78 is 0. The number of nitrogens with one attached hydrogen (secondary N) is 1. The molecule has 0 bridgehead atoms. The van der Waals surface area contributed by atoms with E-state index in [1.807, 2.05) is 0 Å². The van der Waals surface area contributed by atoms with Gasteiger partial charge in [-0.15, -0.1) is 0 Å². The van der Waals surface area contributed by atoms with E-state index in [4.69, 9.17) is 5.73 Å². The number of imidazole rings is 1. The minimum absolute atomic E-state index is 0.0848. The standard InChI is InChI=1S/C12H14N4O2/c13-7-1-2-12-14-8-11(15-12)9-3-5-10(6-4-9)16(17)18/h3-6,8H,1-2,7,13H2,(H,14,15). The van der Waals surface area contributed by atoms with Crippen molar-refractivity contribution < 1.29 is 4.92 Å². The van der Waals surface area contributed by atoms with Gasteiger partial charge in [-0.25, -0.2) is 4.98 Å². The number of rotatable bonds is 5. The van der Waals surface area contributed by atoms with Gasteiger partial charge in [-0.1, -0.05) is 0 Å². The lowest BCUT2D eigenvalue weighted by Gasteiger charge is -1.97. The van der Waals surface area contributed by atoms with E-state index in [1.54, 1.807) is 18.3 Å². The topological polar surface area (TPSA) is 97.8 Å². The summed E-state index contributed by atoms with van der Waals surface area (Å²) in [6, 6.07) is 6.38. The van der Waals surface area contributed by atoms with Crippen LogP contribution < -0.4 is 5.73 Å². The van der Waals surface area contributed by atoms with Crippen molar-refractivity contribution in [2.75, 3.05) is 6.54 Å². The van der Waals surface area contributed by atoms with Gasteiger partial charge in [0.05, 0.1) is 16.8 Å². The Labute approximate surface area is 104 Å². The highest BCUT2D eigenvalue weighted by Gasteiger charge is 2.07. The molecule has 0 fully saturated rings. The zero-order valence-electron chi connectivity index (χ0n) is 9.80. The number of aromatic nitrogens is 2. The summed E-state index contributed by atoms with van der Waals surface area (Å²) in [5.74, 6) is 0.883. The van der Waals surface area contributed by atoms with Gasteiger partial charge in [0.1, 0.15) is 5.82 Å². The molecule has 18 heavy (non-hydrogen) atoms. The maximum atomic E-state index is 10.5. The number of H-pyrrole nitrogens is 1. The number of nitrogens with two attached hydrogens (primary N) is 1. The van der Waals surface area contributed by atoms with Crippen LogP contribution in [0.2, 0.25) is 0 Å². The van der Waals surface area contributed by atoms with Gasteiger partial charge in [-0.05, 0) is 25.1 Å². The molecule has 0 unspecified atom stereocenters. The third-order valence-corrected chi connectivity index (χ3v) is 2.64. The molecule has 3 N–H and O–H groups in total. The molecule has 0 saturated heterocycles. The Bertz CT molecular complexity index is 533. The molecule has 1 heterocycles. The van der Waals surface area contributed by atoms with Crippen LogP contribution in [0.3, 0.4) is 0 Å². The number of hydrogen-bond donors (Lipinski definition) is 2. The van der Waals surface area contributed by atoms with Crippen molar-refractivity contribution in [1.82, 2.24) is 9.97 Å². The highest BCUT2D eigenvalue weighted by molar-refractivity contribution is 5.60. The Morgan fingerprint density at radius 3 is 2.67 bits per heavy atom. The van der Waals surface area contributed by atoms with E-state index >= 15 is 0 Å². The van der Waals surface area contributed by atoms with Gasteiger partial charge in [-0.3, -0.25) is 10.1 Å². The van der Waals surface area contributed by atoms with Gasteiger partial charge < -0.3 is 10.7 Å². The minimum Gasteiger partial charge on any atom is -0.342 e. The summed E-state index contributed by atoms with van der Waals surface area (Å²) >= 11 is 0. The molecule has 0 atom stereocenters. The molecule has 2 rings (SSSR count). The fourth-order valence-corrected chi connectivity index (χ4v) is 1.67. The van der Waals surface area contributed by atoms with Crippen LogP contribution in [0.1, 0.15) is 12.2 Å². The van der Waals surface area contributed by atoms with Crippen molar-refractivity contribution in [3.8, 4) is 11.3 Å². The molecule has 0 aliphatic carbocycles. The second-order valence-corrected chi connectivity index (χ2v) is 3.94. The Morgan fingerprint density at radius 1 is 1.33 bits per heavy atom. The van der Waals surface area contributed by atoms with E-state index in [0.29, 0.717) is 6.54 Å². The third kappa shape index (κ3) is 2.72. The first-order valence-electron chi connectivity index (χ1n) is 5.69. The van der Waals surface area contributed by atoms with Gasteiger partial charge >= 0.3 is 0 Å². The summed E-state index contributed by atoms with van der Waals surface area (Å²) in [6.07, 6.45) is 3.42. The van der Waals surface area contributed by atoms with Gasteiger partial charge in [0.2, 0.25) is 0 Å². The Morgan fingerprint density at radius 2 is 2.06 bits per heavy atom. The Balaban J connectivity index is 2.15. The van der Waals surface area contributed by atoms with E-state index in [-0.39, 0.29) is 5.69 Å². The molecule has 94 valence electrons. The van der Waals surface area contributed by atoms with Crippen molar-refractivity contribution >= 4 is 5.69 Å². The number of nitro groups is 1. The van der Waals surface area contributed by atoms with E-state index in [9.17, 15) is 10.1 Å². The average Bonchev–Trinajstić information content (AvgIpc) is 2.85. The quantitative estimate of drug-likeness (QED) is 0.621. The van der Waals surface area contributed by atoms with E-state index < -0.39 is 4.92 Å². The molecule has 1 aromatic heterocycles. The molecule has 0 aliphatic heterocycles. The van der Waals surface area contributed by atoms with Gasteiger partial charge in [0.15, 0.2) is 0 Å². The Kier molecular flexibility index (Phi) is 3.69. The molecule has 0 radical (unpaired) electrons. The molecule has 6 heteroatoms. The molecular weight excluding hydrogens is 232 g/mol. The number of nitrogens with zero attached hydrogens (tertiary/aromatic N) is 2. The van der Waals surface area contributed by atoms with Gasteiger partial charge in [0, 0.05) is 24.1 Å². The number of non-ortho nitro benzene ring substituents is 1. The van der Waals surface area contributed by atoms with E-state index in [2.05, 4.69) is 9.97 Å². The molecular formula is C12H14N4O2. The lowest BCUT2D eigenvalue weighted by atomic mass is 10.1.